The molecule has 1 aliphatic rings. The summed E-state index contributed by atoms with van der Waals surface area (Å²) in [6, 6.07) is 6.77. The van der Waals surface area contributed by atoms with Crippen molar-refractivity contribution in [3.05, 3.63) is 29.3 Å². The van der Waals surface area contributed by atoms with Crippen LogP contribution in [0.2, 0.25) is 0 Å². The van der Waals surface area contributed by atoms with Gasteiger partial charge in [0, 0.05) is 25.8 Å². The Morgan fingerprint density at radius 2 is 2.12 bits per heavy atom. The van der Waals surface area contributed by atoms with Gasteiger partial charge in [0.25, 0.3) is 0 Å². The van der Waals surface area contributed by atoms with Crippen molar-refractivity contribution in [3.8, 4) is 0 Å². The van der Waals surface area contributed by atoms with Crippen LogP contribution in [0.4, 0.5) is 5.69 Å². The fourth-order valence-electron chi connectivity index (χ4n) is 2.25. The molecule has 1 fully saturated rings. The van der Waals surface area contributed by atoms with E-state index in [2.05, 4.69) is 42.4 Å². The molecule has 1 aromatic rings. The number of nitrogens with one attached hydrogen (secondary N) is 1. The maximum atomic E-state index is 3.19. The Kier molecular flexibility index (Phi) is 3.49. The van der Waals surface area contributed by atoms with E-state index in [1.165, 1.54) is 36.2 Å². The molecule has 0 amide bonds. The fourth-order valence-corrected chi connectivity index (χ4v) is 2.25. The minimum atomic E-state index is 0.946. The Labute approximate surface area is 98.7 Å². The zero-order chi connectivity index (χ0) is 11.5. The molecule has 2 heteroatoms. The predicted molar refractivity (Wildman–Crippen MR) is 69.9 cm³/mol. The van der Waals surface area contributed by atoms with Crippen molar-refractivity contribution in [3.63, 3.8) is 0 Å². The van der Waals surface area contributed by atoms with Gasteiger partial charge < -0.3 is 10.2 Å². The SMILES string of the molecule is CNCc1ccc(N(C)CC2CC2)c(C)c1. The molecule has 1 aromatic carbocycles. The van der Waals surface area contributed by atoms with E-state index >= 15 is 0 Å². The van der Waals surface area contributed by atoms with Crippen molar-refractivity contribution >= 4 is 5.69 Å². The fraction of sp³-hybridized carbons (Fsp3) is 0.571. The van der Waals surface area contributed by atoms with Gasteiger partial charge in [0.05, 0.1) is 0 Å². The van der Waals surface area contributed by atoms with Gasteiger partial charge in [-0.1, -0.05) is 12.1 Å². The van der Waals surface area contributed by atoms with Crippen LogP contribution in [0.5, 0.6) is 0 Å². The Balaban J connectivity index is 2.07. The molecule has 2 rings (SSSR count). The predicted octanol–water partition coefficient (Wildman–Crippen LogP) is 2.56. The van der Waals surface area contributed by atoms with Gasteiger partial charge in [-0.05, 0) is 49.9 Å². The largest absolute Gasteiger partial charge is 0.374 e. The first-order chi connectivity index (χ1) is 7.70. The van der Waals surface area contributed by atoms with Gasteiger partial charge in [-0.3, -0.25) is 0 Å². The van der Waals surface area contributed by atoms with Crippen molar-refractivity contribution in [1.29, 1.82) is 0 Å². The third-order valence-corrected chi connectivity index (χ3v) is 3.28. The van der Waals surface area contributed by atoms with Crippen molar-refractivity contribution in [2.75, 3.05) is 25.5 Å². The first-order valence-corrected chi connectivity index (χ1v) is 6.16. The molecule has 0 heterocycles. The Bertz CT molecular complexity index is 356. The molecular formula is C14H22N2. The number of nitrogens with zero attached hydrogens (tertiary/aromatic N) is 1. The topological polar surface area (TPSA) is 15.3 Å². The van der Waals surface area contributed by atoms with Crippen LogP contribution in [-0.4, -0.2) is 20.6 Å². The van der Waals surface area contributed by atoms with Crippen LogP contribution in [0, 0.1) is 12.8 Å². The van der Waals surface area contributed by atoms with Crippen molar-refractivity contribution in [2.24, 2.45) is 5.92 Å². The van der Waals surface area contributed by atoms with Crippen LogP contribution >= 0.6 is 0 Å². The number of rotatable bonds is 5. The zero-order valence-corrected chi connectivity index (χ0v) is 10.6. The van der Waals surface area contributed by atoms with Gasteiger partial charge in [0.15, 0.2) is 0 Å². The maximum absolute atomic E-state index is 3.19. The molecule has 2 nitrogen and oxygen atoms in total. The highest BCUT2D eigenvalue weighted by Crippen LogP contribution is 2.31. The molecule has 16 heavy (non-hydrogen) atoms. The van der Waals surface area contributed by atoms with Crippen LogP contribution in [0.1, 0.15) is 24.0 Å². The minimum absolute atomic E-state index is 0.946. The van der Waals surface area contributed by atoms with E-state index in [0.29, 0.717) is 0 Å². The van der Waals surface area contributed by atoms with Crippen LogP contribution < -0.4 is 10.2 Å². The third-order valence-electron chi connectivity index (χ3n) is 3.28. The average Bonchev–Trinajstić information content (AvgIpc) is 3.02. The zero-order valence-electron chi connectivity index (χ0n) is 10.6. The molecule has 0 bridgehead atoms. The van der Waals surface area contributed by atoms with E-state index < -0.39 is 0 Å². The molecule has 0 atom stereocenters. The molecule has 0 spiro atoms. The van der Waals surface area contributed by atoms with Gasteiger partial charge in [-0.15, -0.1) is 0 Å². The second-order valence-corrected chi connectivity index (χ2v) is 4.98. The van der Waals surface area contributed by atoms with E-state index in [0.717, 1.165) is 12.5 Å². The number of anilines is 1. The lowest BCUT2D eigenvalue weighted by Gasteiger charge is -2.21. The van der Waals surface area contributed by atoms with Gasteiger partial charge in [-0.2, -0.15) is 0 Å². The van der Waals surface area contributed by atoms with Gasteiger partial charge >= 0.3 is 0 Å². The second-order valence-electron chi connectivity index (χ2n) is 4.98. The highest BCUT2D eigenvalue weighted by Gasteiger charge is 2.23. The molecule has 1 aliphatic carbocycles. The van der Waals surface area contributed by atoms with Crippen LogP contribution in [0.3, 0.4) is 0 Å². The van der Waals surface area contributed by atoms with E-state index in [9.17, 15) is 0 Å². The van der Waals surface area contributed by atoms with Crippen molar-refractivity contribution in [2.45, 2.75) is 26.3 Å². The monoisotopic (exact) mass is 218 g/mol. The smallest absolute Gasteiger partial charge is 0.0393 e. The first kappa shape index (κ1) is 11.5. The van der Waals surface area contributed by atoms with E-state index in [1.807, 2.05) is 7.05 Å². The Hall–Kier alpha value is -1.02. The van der Waals surface area contributed by atoms with Gasteiger partial charge in [0.2, 0.25) is 0 Å². The summed E-state index contributed by atoms with van der Waals surface area (Å²) in [5.41, 5.74) is 4.13. The minimum Gasteiger partial charge on any atom is -0.374 e. The van der Waals surface area contributed by atoms with Crippen LogP contribution in [0.25, 0.3) is 0 Å². The quantitative estimate of drug-likeness (QED) is 0.817. The Morgan fingerprint density at radius 1 is 1.38 bits per heavy atom. The lowest BCUT2D eigenvalue weighted by molar-refractivity contribution is 0.783. The summed E-state index contributed by atoms with van der Waals surface area (Å²) in [5.74, 6) is 0.946. The summed E-state index contributed by atoms with van der Waals surface area (Å²) < 4.78 is 0. The van der Waals surface area contributed by atoms with E-state index in [-0.39, 0.29) is 0 Å². The molecule has 0 aliphatic heterocycles. The Morgan fingerprint density at radius 3 is 2.69 bits per heavy atom. The van der Waals surface area contributed by atoms with Crippen LogP contribution in [-0.2, 0) is 6.54 Å². The number of hydrogen-bond donors (Lipinski definition) is 1. The maximum Gasteiger partial charge on any atom is 0.0393 e. The normalized spacial score (nSPS) is 15.2. The average molecular weight is 218 g/mol. The van der Waals surface area contributed by atoms with E-state index in [1.54, 1.807) is 0 Å². The summed E-state index contributed by atoms with van der Waals surface area (Å²) >= 11 is 0. The molecule has 1 N–H and O–H groups in total. The standard InChI is InChI=1S/C14H22N2/c1-11-8-13(9-15-2)6-7-14(11)16(3)10-12-4-5-12/h6-8,12,15H,4-5,9-10H2,1-3H3. The molecule has 0 aromatic heterocycles. The number of aryl methyl sites for hydroxylation is 1. The number of hydrogen-bond acceptors (Lipinski definition) is 2. The highest BCUT2D eigenvalue weighted by molar-refractivity contribution is 5.54. The molecule has 0 radical (unpaired) electrons. The lowest BCUT2D eigenvalue weighted by atomic mass is 10.1. The first-order valence-electron chi connectivity index (χ1n) is 6.16. The third kappa shape index (κ3) is 2.76. The van der Waals surface area contributed by atoms with Gasteiger partial charge in [0.1, 0.15) is 0 Å². The summed E-state index contributed by atoms with van der Waals surface area (Å²) in [7, 11) is 4.20. The molecule has 0 saturated heterocycles. The number of benzene rings is 1. The highest BCUT2D eigenvalue weighted by atomic mass is 15.1. The molecule has 0 unspecified atom stereocenters. The molecule has 1 saturated carbocycles. The summed E-state index contributed by atoms with van der Waals surface area (Å²) in [6.45, 7) is 4.37. The second kappa shape index (κ2) is 4.88. The van der Waals surface area contributed by atoms with E-state index in [4.69, 9.17) is 0 Å². The lowest BCUT2D eigenvalue weighted by Crippen LogP contribution is -2.21. The molecule has 88 valence electrons. The summed E-state index contributed by atoms with van der Waals surface area (Å²) in [5, 5.41) is 3.19. The van der Waals surface area contributed by atoms with Crippen LogP contribution in [0.15, 0.2) is 18.2 Å². The summed E-state index contributed by atoms with van der Waals surface area (Å²) in [4.78, 5) is 2.40. The molecular weight excluding hydrogens is 196 g/mol. The summed E-state index contributed by atoms with van der Waals surface area (Å²) in [6.07, 6.45) is 2.84. The van der Waals surface area contributed by atoms with Gasteiger partial charge in [-0.25, -0.2) is 0 Å². The van der Waals surface area contributed by atoms with Crippen molar-refractivity contribution in [1.82, 2.24) is 5.32 Å². The van der Waals surface area contributed by atoms with Crippen molar-refractivity contribution < 1.29 is 0 Å².